The van der Waals surface area contributed by atoms with Gasteiger partial charge in [-0.2, -0.15) is 0 Å². The number of benzene rings is 1. The number of hydrazine groups is 1. The molecule has 2 nitrogen and oxygen atoms in total. The Balaban J connectivity index is 1.83. The summed E-state index contributed by atoms with van der Waals surface area (Å²) in [4.78, 5) is 1.46. The highest BCUT2D eigenvalue weighted by Gasteiger charge is 2.38. The van der Waals surface area contributed by atoms with Crippen LogP contribution < -0.4 is 11.3 Å². The molecule has 1 aliphatic carbocycles. The average molecular weight is 290 g/mol. The van der Waals surface area contributed by atoms with Crippen molar-refractivity contribution >= 4 is 11.8 Å². The van der Waals surface area contributed by atoms with Gasteiger partial charge in [-0.1, -0.05) is 50.8 Å². The summed E-state index contributed by atoms with van der Waals surface area (Å²) in [6, 6.07) is 9.31. The predicted molar refractivity (Wildman–Crippen MR) is 86.8 cm³/mol. The molecule has 0 bridgehead atoms. The van der Waals surface area contributed by atoms with E-state index in [4.69, 9.17) is 5.84 Å². The lowest BCUT2D eigenvalue weighted by Crippen LogP contribution is -2.48. The summed E-state index contributed by atoms with van der Waals surface area (Å²) < 4.78 is 0. The van der Waals surface area contributed by atoms with Gasteiger partial charge in [0.2, 0.25) is 0 Å². The number of hydrogen-bond donors (Lipinski definition) is 2. The zero-order valence-electron chi connectivity index (χ0n) is 12.3. The molecule has 0 amide bonds. The van der Waals surface area contributed by atoms with Crippen LogP contribution in [-0.4, -0.2) is 11.8 Å². The summed E-state index contributed by atoms with van der Waals surface area (Å²) in [7, 11) is 0. The van der Waals surface area contributed by atoms with Gasteiger partial charge in [0.15, 0.2) is 0 Å². The Kier molecular flexibility index (Phi) is 4.69. The molecule has 1 aliphatic heterocycles. The molecule has 3 N–H and O–H groups in total. The third kappa shape index (κ3) is 2.63. The van der Waals surface area contributed by atoms with Crippen molar-refractivity contribution in [2.45, 2.75) is 55.9 Å². The summed E-state index contributed by atoms with van der Waals surface area (Å²) in [5.41, 5.74) is 4.72. The van der Waals surface area contributed by atoms with E-state index < -0.39 is 0 Å². The third-order valence-corrected chi connectivity index (χ3v) is 6.52. The first kappa shape index (κ1) is 14.4. The van der Waals surface area contributed by atoms with Gasteiger partial charge in [-0.15, -0.1) is 11.8 Å². The fraction of sp³-hybridized carbons (Fsp3) is 0.647. The second-order valence-corrected chi connectivity index (χ2v) is 7.33. The van der Waals surface area contributed by atoms with Gasteiger partial charge in [-0.25, -0.2) is 0 Å². The lowest BCUT2D eigenvalue weighted by molar-refractivity contribution is 0.162. The maximum atomic E-state index is 6.00. The number of nitrogens with two attached hydrogens (primary N) is 1. The Morgan fingerprint density at radius 1 is 1.30 bits per heavy atom. The average Bonchev–Trinajstić information content (AvgIpc) is 2.93. The van der Waals surface area contributed by atoms with Crippen molar-refractivity contribution in [3.05, 3.63) is 29.8 Å². The molecule has 4 atom stereocenters. The summed E-state index contributed by atoms with van der Waals surface area (Å²) in [6.07, 6.45) is 6.81. The molecule has 0 aromatic heterocycles. The Labute approximate surface area is 126 Å². The molecular weight excluding hydrogens is 264 g/mol. The first-order valence-electron chi connectivity index (χ1n) is 8.03. The van der Waals surface area contributed by atoms with Crippen LogP contribution in [0.1, 0.15) is 50.5 Å². The molecule has 3 rings (SSSR count). The standard InChI is InChI=1S/C17H26N2S/c1-2-12-7-3-4-8-13(12)17(19-18)15-11-20-16-10-6-5-9-14(15)16/h5-6,9-10,12-13,15,17,19H,2-4,7-8,11,18H2,1H3. The van der Waals surface area contributed by atoms with Gasteiger partial charge in [0.1, 0.15) is 0 Å². The molecule has 1 saturated carbocycles. The highest BCUT2D eigenvalue weighted by atomic mass is 32.2. The van der Waals surface area contributed by atoms with E-state index in [1.807, 2.05) is 11.8 Å². The number of thioether (sulfide) groups is 1. The first-order valence-corrected chi connectivity index (χ1v) is 9.01. The maximum absolute atomic E-state index is 6.00. The van der Waals surface area contributed by atoms with Crippen LogP contribution in [-0.2, 0) is 0 Å². The molecule has 0 radical (unpaired) electrons. The fourth-order valence-corrected chi connectivity index (χ4v) is 5.55. The Bertz CT molecular complexity index is 448. The maximum Gasteiger partial charge on any atom is 0.0318 e. The first-order chi connectivity index (χ1) is 9.85. The minimum absolute atomic E-state index is 0.441. The van der Waals surface area contributed by atoms with Gasteiger partial charge in [0, 0.05) is 22.6 Å². The van der Waals surface area contributed by atoms with E-state index in [9.17, 15) is 0 Å². The van der Waals surface area contributed by atoms with Crippen molar-refractivity contribution < 1.29 is 0 Å². The molecule has 0 saturated heterocycles. The van der Waals surface area contributed by atoms with Crippen molar-refractivity contribution in [1.82, 2.24) is 5.43 Å². The van der Waals surface area contributed by atoms with E-state index in [1.54, 1.807) is 0 Å². The molecule has 1 fully saturated rings. The van der Waals surface area contributed by atoms with Crippen LogP contribution in [0.2, 0.25) is 0 Å². The van der Waals surface area contributed by atoms with Crippen molar-refractivity contribution in [3.8, 4) is 0 Å². The monoisotopic (exact) mass is 290 g/mol. The molecule has 3 heteroatoms. The minimum Gasteiger partial charge on any atom is -0.271 e. The third-order valence-electron chi connectivity index (χ3n) is 5.32. The predicted octanol–water partition coefficient (Wildman–Crippen LogP) is 3.92. The molecule has 4 unspecified atom stereocenters. The highest BCUT2D eigenvalue weighted by Crippen LogP contribution is 2.46. The summed E-state index contributed by atoms with van der Waals surface area (Å²) in [5, 5.41) is 0. The molecule has 1 aromatic rings. The minimum atomic E-state index is 0.441. The topological polar surface area (TPSA) is 38.0 Å². The van der Waals surface area contributed by atoms with Crippen molar-refractivity contribution in [1.29, 1.82) is 0 Å². The molecule has 110 valence electrons. The van der Waals surface area contributed by atoms with E-state index in [1.165, 1.54) is 48.3 Å². The van der Waals surface area contributed by atoms with E-state index in [2.05, 4.69) is 36.6 Å². The number of fused-ring (bicyclic) bond motifs is 1. The van der Waals surface area contributed by atoms with Crippen molar-refractivity contribution in [3.63, 3.8) is 0 Å². The second kappa shape index (κ2) is 6.50. The van der Waals surface area contributed by atoms with Gasteiger partial charge in [-0.3, -0.25) is 11.3 Å². The molecule has 1 aromatic carbocycles. The highest BCUT2D eigenvalue weighted by molar-refractivity contribution is 7.99. The largest absolute Gasteiger partial charge is 0.271 e. The van der Waals surface area contributed by atoms with E-state index in [-0.39, 0.29) is 0 Å². The van der Waals surface area contributed by atoms with Gasteiger partial charge in [0.05, 0.1) is 0 Å². The van der Waals surface area contributed by atoms with Gasteiger partial charge >= 0.3 is 0 Å². The van der Waals surface area contributed by atoms with E-state index >= 15 is 0 Å². The smallest absolute Gasteiger partial charge is 0.0318 e. The fourth-order valence-electron chi connectivity index (χ4n) is 4.24. The molecule has 2 aliphatic rings. The molecule has 0 spiro atoms. The molecular formula is C17H26N2S. The zero-order valence-corrected chi connectivity index (χ0v) is 13.2. The van der Waals surface area contributed by atoms with Gasteiger partial charge in [0.25, 0.3) is 0 Å². The van der Waals surface area contributed by atoms with Gasteiger partial charge in [-0.05, 0) is 29.9 Å². The number of rotatable bonds is 4. The quantitative estimate of drug-likeness (QED) is 0.652. The Morgan fingerprint density at radius 3 is 2.90 bits per heavy atom. The zero-order chi connectivity index (χ0) is 13.9. The Hall–Kier alpha value is -0.510. The van der Waals surface area contributed by atoms with Crippen LogP contribution in [0.4, 0.5) is 0 Å². The normalized spacial score (nSPS) is 31.0. The number of nitrogens with one attached hydrogen (secondary N) is 1. The van der Waals surface area contributed by atoms with E-state index in [0.717, 1.165) is 11.8 Å². The van der Waals surface area contributed by atoms with Crippen LogP contribution in [0.3, 0.4) is 0 Å². The SMILES string of the molecule is CCC1CCCCC1C(NN)C1CSc2ccccc21. The van der Waals surface area contributed by atoms with Crippen molar-refractivity contribution in [2.24, 2.45) is 17.7 Å². The second-order valence-electron chi connectivity index (χ2n) is 6.26. The van der Waals surface area contributed by atoms with Gasteiger partial charge < -0.3 is 0 Å². The van der Waals surface area contributed by atoms with Crippen molar-refractivity contribution in [2.75, 3.05) is 5.75 Å². The van der Waals surface area contributed by atoms with Crippen LogP contribution in [0.15, 0.2) is 29.2 Å². The van der Waals surface area contributed by atoms with Crippen LogP contribution >= 0.6 is 11.8 Å². The van der Waals surface area contributed by atoms with E-state index in [0.29, 0.717) is 12.0 Å². The lowest BCUT2D eigenvalue weighted by atomic mass is 9.70. The number of hydrogen-bond acceptors (Lipinski definition) is 3. The van der Waals surface area contributed by atoms with Crippen LogP contribution in [0, 0.1) is 11.8 Å². The summed E-state index contributed by atoms with van der Waals surface area (Å²) in [5.74, 6) is 9.36. The summed E-state index contributed by atoms with van der Waals surface area (Å²) in [6.45, 7) is 2.34. The molecule has 1 heterocycles. The van der Waals surface area contributed by atoms with Crippen LogP contribution in [0.25, 0.3) is 0 Å². The lowest BCUT2D eigenvalue weighted by Gasteiger charge is -2.39. The Morgan fingerprint density at radius 2 is 2.10 bits per heavy atom. The summed E-state index contributed by atoms with van der Waals surface area (Å²) >= 11 is 2.00. The van der Waals surface area contributed by atoms with Crippen LogP contribution in [0.5, 0.6) is 0 Å². The molecule has 20 heavy (non-hydrogen) atoms.